The van der Waals surface area contributed by atoms with Crippen molar-refractivity contribution in [1.29, 1.82) is 0 Å². The van der Waals surface area contributed by atoms with Crippen molar-refractivity contribution in [3.63, 3.8) is 0 Å². The first-order valence-electron chi connectivity index (χ1n) is 4.07. The van der Waals surface area contributed by atoms with E-state index in [1.54, 1.807) is 26.8 Å². The van der Waals surface area contributed by atoms with Gasteiger partial charge in [-0.05, 0) is 37.5 Å². The first-order chi connectivity index (χ1) is 6.25. The van der Waals surface area contributed by atoms with Crippen molar-refractivity contribution in [2.75, 3.05) is 5.73 Å². The summed E-state index contributed by atoms with van der Waals surface area (Å²) in [6.45, 7) is 4.90. The summed E-state index contributed by atoms with van der Waals surface area (Å²) in [5.74, 6) is 0. The molecular formula is C9H12NNaO3S. The van der Waals surface area contributed by atoms with Crippen molar-refractivity contribution in [3.8, 4) is 0 Å². The fourth-order valence-corrected chi connectivity index (χ4v) is 2.50. The van der Waals surface area contributed by atoms with Crippen LogP contribution in [0.25, 0.3) is 0 Å². The molecule has 0 aliphatic rings. The van der Waals surface area contributed by atoms with E-state index in [4.69, 9.17) is 5.73 Å². The number of hydrogen-bond acceptors (Lipinski definition) is 4. The number of rotatable bonds is 1. The third-order valence-electron chi connectivity index (χ3n) is 2.21. The second kappa shape index (κ2) is 4.84. The minimum Gasteiger partial charge on any atom is -0.744 e. The molecule has 0 aromatic heterocycles. The molecule has 0 unspecified atom stereocenters. The molecule has 78 valence electrons. The molecule has 0 fully saturated rings. The molecule has 1 aromatic carbocycles. The zero-order chi connectivity index (χ0) is 11.1. The van der Waals surface area contributed by atoms with Crippen molar-refractivity contribution in [2.24, 2.45) is 0 Å². The van der Waals surface area contributed by atoms with Gasteiger partial charge in [0.1, 0.15) is 10.1 Å². The molecule has 2 N–H and O–H groups in total. The Bertz CT molecular complexity index is 483. The topological polar surface area (TPSA) is 83.2 Å². The SMILES string of the molecule is Cc1cc(C)c(S(=O)(=O)[O-])c(C)c1N.[Na+]. The van der Waals surface area contributed by atoms with E-state index in [2.05, 4.69) is 0 Å². The van der Waals surface area contributed by atoms with Gasteiger partial charge in [0, 0.05) is 5.69 Å². The van der Waals surface area contributed by atoms with Crippen LogP contribution in [-0.4, -0.2) is 13.0 Å². The summed E-state index contributed by atoms with van der Waals surface area (Å²) in [5, 5.41) is 0. The van der Waals surface area contributed by atoms with Gasteiger partial charge in [-0.1, -0.05) is 6.07 Å². The third kappa shape index (κ3) is 2.95. The van der Waals surface area contributed by atoms with E-state index in [1.165, 1.54) is 0 Å². The Morgan fingerprint density at radius 1 is 1.20 bits per heavy atom. The monoisotopic (exact) mass is 237 g/mol. The summed E-state index contributed by atoms with van der Waals surface area (Å²) < 4.78 is 32.8. The molecule has 0 atom stereocenters. The molecule has 0 aliphatic heterocycles. The fourth-order valence-electron chi connectivity index (χ4n) is 1.57. The van der Waals surface area contributed by atoms with Crippen molar-refractivity contribution >= 4 is 15.8 Å². The van der Waals surface area contributed by atoms with E-state index in [1.807, 2.05) is 0 Å². The van der Waals surface area contributed by atoms with E-state index in [0.717, 1.165) is 5.56 Å². The molecule has 0 saturated heterocycles. The number of nitrogens with two attached hydrogens (primary N) is 1. The number of benzene rings is 1. The first-order valence-corrected chi connectivity index (χ1v) is 5.48. The minimum atomic E-state index is -4.43. The molecule has 6 heteroatoms. The van der Waals surface area contributed by atoms with Crippen LogP contribution in [0.1, 0.15) is 16.7 Å². The zero-order valence-electron chi connectivity index (χ0n) is 9.29. The van der Waals surface area contributed by atoms with Gasteiger partial charge in [0.2, 0.25) is 0 Å². The van der Waals surface area contributed by atoms with Gasteiger partial charge in [0.25, 0.3) is 0 Å². The Labute approximate surface area is 112 Å². The van der Waals surface area contributed by atoms with E-state index < -0.39 is 10.1 Å². The number of nitrogen functional groups attached to an aromatic ring is 1. The van der Waals surface area contributed by atoms with E-state index in [-0.39, 0.29) is 34.5 Å². The summed E-state index contributed by atoms with van der Waals surface area (Å²) >= 11 is 0. The summed E-state index contributed by atoms with van der Waals surface area (Å²) in [7, 11) is -4.43. The molecule has 0 amide bonds. The summed E-state index contributed by atoms with van der Waals surface area (Å²) in [6, 6.07) is 1.60. The molecule has 4 nitrogen and oxygen atoms in total. The zero-order valence-corrected chi connectivity index (χ0v) is 12.1. The van der Waals surface area contributed by atoms with Gasteiger partial charge >= 0.3 is 29.6 Å². The minimum absolute atomic E-state index is 0. The molecule has 0 radical (unpaired) electrons. The quantitative estimate of drug-likeness (QED) is 0.351. The third-order valence-corrected chi connectivity index (χ3v) is 3.34. The largest absolute Gasteiger partial charge is 1.00 e. The van der Waals surface area contributed by atoms with Crippen molar-refractivity contribution in [2.45, 2.75) is 25.7 Å². The smallest absolute Gasteiger partial charge is 0.744 e. The van der Waals surface area contributed by atoms with Gasteiger partial charge in [-0.3, -0.25) is 0 Å². The Balaban J connectivity index is 0.00000196. The standard InChI is InChI=1S/C9H13NO3S.Na/c1-5-4-6(2)9(14(11,12)13)7(3)8(5)10;/h4H,10H2,1-3H3,(H,11,12,13);/q;+1/p-1. The van der Waals surface area contributed by atoms with Crippen LogP contribution in [0.15, 0.2) is 11.0 Å². The van der Waals surface area contributed by atoms with Crippen LogP contribution >= 0.6 is 0 Å². The molecule has 1 aromatic rings. The second-order valence-electron chi connectivity index (χ2n) is 3.33. The molecule has 0 heterocycles. The molecular weight excluding hydrogens is 225 g/mol. The van der Waals surface area contributed by atoms with Gasteiger partial charge in [0.15, 0.2) is 0 Å². The predicted octanol–water partition coefficient (Wildman–Crippen LogP) is -1.90. The van der Waals surface area contributed by atoms with Crippen LogP contribution in [0.3, 0.4) is 0 Å². The van der Waals surface area contributed by atoms with Crippen LogP contribution in [0.4, 0.5) is 5.69 Å². The summed E-state index contributed by atoms with van der Waals surface area (Å²) in [5.41, 5.74) is 7.59. The van der Waals surface area contributed by atoms with Crippen molar-refractivity contribution in [1.82, 2.24) is 0 Å². The van der Waals surface area contributed by atoms with Crippen LogP contribution in [-0.2, 0) is 10.1 Å². The first kappa shape index (κ1) is 14.9. The van der Waals surface area contributed by atoms with E-state index in [0.29, 0.717) is 16.8 Å². The van der Waals surface area contributed by atoms with Gasteiger partial charge < -0.3 is 10.3 Å². The molecule has 1 rings (SSSR count). The average Bonchev–Trinajstić information content (AvgIpc) is 1.97. The average molecular weight is 237 g/mol. The van der Waals surface area contributed by atoms with Crippen molar-refractivity contribution in [3.05, 3.63) is 22.8 Å². The Morgan fingerprint density at radius 3 is 2.07 bits per heavy atom. The number of aryl methyl sites for hydroxylation is 2. The fraction of sp³-hybridized carbons (Fsp3) is 0.333. The summed E-state index contributed by atoms with van der Waals surface area (Å²) in [6.07, 6.45) is 0. The van der Waals surface area contributed by atoms with Crippen LogP contribution < -0.4 is 35.3 Å². The number of hydrogen-bond donors (Lipinski definition) is 1. The molecule has 15 heavy (non-hydrogen) atoms. The molecule has 0 bridgehead atoms. The Hall–Kier alpha value is -0.0700. The van der Waals surface area contributed by atoms with Gasteiger partial charge in [-0.15, -0.1) is 0 Å². The Kier molecular flexibility index (Phi) is 4.82. The normalized spacial score (nSPS) is 10.9. The maximum absolute atomic E-state index is 10.9. The van der Waals surface area contributed by atoms with Crippen LogP contribution in [0, 0.1) is 20.8 Å². The molecule has 0 aliphatic carbocycles. The number of anilines is 1. The van der Waals surface area contributed by atoms with Gasteiger partial charge in [-0.2, -0.15) is 0 Å². The van der Waals surface area contributed by atoms with Gasteiger partial charge in [-0.25, -0.2) is 8.42 Å². The van der Waals surface area contributed by atoms with Gasteiger partial charge in [0.05, 0.1) is 4.90 Å². The van der Waals surface area contributed by atoms with Crippen LogP contribution in [0.5, 0.6) is 0 Å². The molecule has 0 saturated carbocycles. The maximum Gasteiger partial charge on any atom is 1.00 e. The summed E-state index contributed by atoms with van der Waals surface area (Å²) in [4.78, 5) is -0.194. The maximum atomic E-state index is 10.9. The van der Waals surface area contributed by atoms with E-state index in [9.17, 15) is 13.0 Å². The van der Waals surface area contributed by atoms with E-state index >= 15 is 0 Å². The van der Waals surface area contributed by atoms with Crippen molar-refractivity contribution < 1.29 is 42.5 Å². The van der Waals surface area contributed by atoms with Crippen LogP contribution in [0.2, 0.25) is 0 Å². The Morgan fingerprint density at radius 2 is 1.67 bits per heavy atom. The predicted molar refractivity (Wildman–Crippen MR) is 53.0 cm³/mol. The molecule has 0 spiro atoms. The second-order valence-corrected chi connectivity index (χ2v) is 4.65.